The Hall–Kier alpha value is -1.08. The van der Waals surface area contributed by atoms with E-state index in [1.807, 2.05) is 13.8 Å². The molecule has 1 rings (SSSR count). The number of aromatic nitrogens is 2. The van der Waals surface area contributed by atoms with Crippen molar-refractivity contribution in [1.82, 2.24) is 10.2 Å². The summed E-state index contributed by atoms with van der Waals surface area (Å²) in [7, 11) is 0. The Labute approximate surface area is 105 Å². The van der Waals surface area contributed by atoms with Crippen LogP contribution in [-0.2, 0) is 4.79 Å². The molecule has 1 heterocycles. The Bertz CT molecular complexity index is 354. The van der Waals surface area contributed by atoms with Crippen molar-refractivity contribution in [1.29, 1.82) is 0 Å². The minimum atomic E-state index is -0.133. The highest BCUT2D eigenvalue weighted by Gasteiger charge is 2.11. The highest BCUT2D eigenvalue weighted by molar-refractivity contribution is 7.99. The van der Waals surface area contributed by atoms with Crippen molar-refractivity contribution in [3.05, 3.63) is 5.89 Å². The van der Waals surface area contributed by atoms with Gasteiger partial charge in [0.15, 0.2) is 0 Å². The van der Waals surface area contributed by atoms with E-state index in [0.717, 1.165) is 12.2 Å². The van der Waals surface area contributed by atoms with Crippen LogP contribution in [0, 0.1) is 0 Å². The highest BCUT2D eigenvalue weighted by Crippen LogP contribution is 2.14. The van der Waals surface area contributed by atoms with Crippen molar-refractivity contribution in [3.63, 3.8) is 0 Å². The second-order valence-corrected chi connectivity index (χ2v) is 4.95. The number of carbonyl (C=O) groups is 1. The number of hydrogen-bond donors (Lipinski definition) is 2. The molecule has 3 N–H and O–H groups in total. The Morgan fingerprint density at radius 1 is 1.53 bits per heavy atom. The van der Waals surface area contributed by atoms with Gasteiger partial charge in [-0.05, 0) is 18.7 Å². The van der Waals surface area contributed by atoms with Gasteiger partial charge in [0.2, 0.25) is 11.8 Å². The van der Waals surface area contributed by atoms with E-state index in [2.05, 4.69) is 15.5 Å². The summed E-state index contributed by atoms with van der Waals surface area (Å²) in [6, 6.07) is 0.165. The summed E-state index contributed by atoms with van der Waals surface area (Å²) in [6.07, 6.45) is 0.913. The fourth-order valence-corrected chi connectivity index (χ4v) is 1.80. The van der Waals surface area contributed by atoms with E-state index in [0.29, 0.717) is 18.2 Å². The molecule has 0 saturated carbocycles. The van der Waals surface area contributed by atoms with Crippen LogP contribution in [0.15, 0.2) is 4.42 Å². The van der Waals surface area contributed by atoms with Gasteiger partial charge >= 0.3 is 6.01 Å². The number of carbonyl (C=O) groups excluding carboxylic acids is 1. The molecule has 6 nitrogen and oxygen atoms in total. The van der Waals surface area contributed by atoms with Crippen LogP contribution in [0.4, 0.5) is 6.01 Å². The predicted molar refractivity (Wildman–Crippen MR) is 68.0 cm³/mol. The SMILES string of the molecule is CC(C)c1nnc(NC(=O)CSCCCN)o1. The largest absolute Gasteiger partial charge is 0.408 e. The standard InChI is InChI=1S/C10H18N4O2S/c1-7(2)9-13-14-10(16-9)12-8(15)6-17-5-3-4-11/h7H,3-6,11H2,1-2H3,(H,12,14,15). The summed E-state index contributed by atoms with van der Waals surface area (Å²) in [5.41, 5.74) is 5.35. The molecule has 0 aliphatic heterocycles. The molecule has 0 spiro atoms. The molecule has 0 unspecified atom stereocenters. The van der Waals surface area contributed by atoms with Crippen molar-refractivity contribution in [2.45, 2.75) is 26.2 Å². The summed E-state index contributed by atoms with van der Waals surface area (Å²) < 4.78 is 5.26. The lowest BCUT2D eigenvalue weighted by atomic mass is 10.2. The first-order valence-corrected chi connectivity index (χ1v) is 6.70. The molecule has 1 amide bonds. The van der Waals surface area contributed by atoms with Gasteiger partial charge in [-0.1, -0.05) is 18.9 Å². The van der Waals surface area contributed by atoms with Crippen molar-refractivity contribution in [2.24, 2.45) is 5.73 Å². The first kappa shape index (κ1) is 14.0. The monoisotopic (exact) mass is 258 g/mol. The molecule has 1 aromatic rings. The molecule has 17 heavy (non-hydrogen) atoms. The summed E-state index contributed by atoms with van der Waals surface area (Å²) in [5.74, 6) is 1.80. The quantitative estimate of drug-likeness (QED) is 0.714. The third kappa shape index (κ3) is 5.18. The van der Waals surface area contributed by atoms with E-state index in [9.17, 15) is 4.79 Å². The molecular weight excluding hydrogens is 240 g/mol. The number of anilines is 1. The minimum Gasteiger partial charge on any atom is -0.408 e. The first-order chi connectivity index (χ1) is 8.13. The van der Waals surface area contributed by atoms with Crippen LogP contribution in [0.25, 0.3) is 0 Å². The number of rotatable bonds is 7. The maximum absolute atomic E-state index is 11.5. The predicted octanol–water partition coefficient (Wildman–Crippen LogP) is 1.21. The molecule has 0 fully saturated rings. The summed E-state index contributed by atoms with van der Waals surface area (Å²) in [6.45, 7) is 4.54. The molecule has 0 bridgehead atoms. The van der Waals surface area contributed by atoms with Gasteiger partial charge in [0.25, 0.3) is 0 Å². The zero-order valence-electron chi connectivity index (χ0n) is 10.1. The first-order valence-electron chi connectivity index (χ1n) is 5.54. The van der Waals surface area contributed by atoms with Crippen LogP contribution in [0.1, 0.15) is 32.1 Å². The van der Waals surface area contributed by atoms with Gasteiger partial charge in [0, 0.05) is 5.92 Å². The van der Waals surface area contributed by atoms with Gasteiger partial charge in [-0.2, -0.15) is 11.8 Å². The molecule has 0 aliphatic rings. The summed E-state index contributed by atoms with van der Waals surface area (Å²) in [4.78, 5) is 11.5. The highest BCUT2D eigenvalue weighted by atomic mass is 32.2. The Balaban J connectivity index is 2.29. The number of hydrogen-bond acceptors (Lipinski definition) is 6. The molecule has 0 aliphatic carbocycles. The van der Waals surface area contributed by atoms with Crippen molar-refractivity contribution < 1.29 is 9.21 Å². The van der Waals surface area contributed by atoms with Gasteiger partial charge in [-0.25, -0.2) is 0 Å². The van der Waals surface area contributed by atoms with Crippen LogP contribution in [-0.4, -0.2) is 34.2 Å². The van der Waals surface area contributed by atoms with Crippen molar-refractivity contribution in [3.8, 4) is 0 Å². The summed E-state index contributed by atoms with van der Waals surface area (Å²) >= 11 is 1.54. The van der Waals surface area contributed by atoms with E-state index in [-0.39, 0.29) is 17.8 Å². The smallest absolute Gasteiger partial charge is 0.322 e. The fourth-order valence-electron chi connectivity index (χ4n) is 1.02. The zero-order chi connectivity index (χ0) is 12.7. The normalized spacial score (nSPS) is 10.8. The van der Waals surface area contributed by atoms with Gasteiger partial charge in [-0.15, -0.1) is 5.10 Å². The van der Waals surface area contributed by atoms with Gasteiger partial charge in [0.1, 0.15) is 0 Å². The molecule has 0 radical (unpaired) electrons. The molecule has 96 valence electrons. The lowest BCUT2D eigenvalue weighted by Crippen LogP contribution is -2.15. The number of thioether (sulfide) groups is 1. The third-order valence-corrected chi connectivity index (χ3v) is 2.95. The van der Waals surface area contributed by atoms with Crippen LogP contribution in [0.3, 0.4) is 0 Å². The van der Waals surface area contributed by atoms with E-state index in [1.165, 1.54) is 11.8 Å². The maximum atomic E-state index is 11.5. The zero-order valence-corrected chi connectivity index (χ0v) is 10.9. The van der Waals surface area contributed by atoms with Gasteiger partial charge in [0.05, 0.1) is 5.75 Å². The lowest BCUT2D eigenvalue weighted by molar-refractivity contribution is -0.113. The Morgan fingerprint density at radius 3 is 2.88 bits per heavy atom. The van der Waals surface area contributed by atoms with Crippen LogP contribution in [0.2, 0.25) is 0 Å². The average molecular weight is 258 g/mol. The number of nitrogens with two attached hydrogens (primary N) is 1. The Kier molecular flexibility index (Phi) is 5.99. The molecule has 0 atom stereocenters. The summed E-state index contributed by atoms with van der Waals surface area (Å²) in [5, 5.41) is 10.1. The number of nitrogens with one attached hydrogen (secondary N) is 1. The second kappa shape index (κ2) is 7.29. The van der Waals surface area contributed by atoms with Crippen LogP contribution >= 0.6 is 11.8 Å². The molecular formula is C10H18N4O2S. The van der Waals surface area contributed by atoms with E-state index < -0.39 is 0 Å². The lowest BCUT2D eigenvalue weighted by Gasteiger charge is -2.00. The average Bonchev–Trinajstić information content (AvgIpc) is 2.73. The van der Waals surface area contributed by atoms with E-state index in [1.54, 1.807) is 0 Å². The molecule has 1 aromatic heterocycles. The van der Waals surface area contributed by atoms with E-state index >= 15 is 0 Å². The number of nitrogens with zero attached hydrogens (tertiary/aromatic N) is 2. The topological polar surface area (TPSA) is 94.0 Å². The van der Waals surface area contributed by atoms with Gasteiger partial charge in [-0.3, -0.25) is 10.1 Å². The van der Waals surface area contributed by atoms with Crippen molar-refractivity contribution >= 4 is 23.7 Å². The molecule has 0 aromatic carbocycles. The van der Waals surface area contributed by atoms with E-state index in [4.69, 9.17) is 10.2 Å². The minimum absolute atomic E-state index is 0.133. The van der Waals surface area contributed by atoms with Gasteiger partial charge < -0.3 is 10.2 Å². The third-order valence-electron chi connectivity index (χ3n) is 1.91. The Morgan fingerprint density at radius 2 is 2.29 bits per heavy atom. The number of amides is 1. The maximum Gasteiger partial charge on any atom is 0.322 e. The van der Waals surface area contributed by atoms with Crippen LogP contribution < -0.4 is 11.1 Å². The molecule has 0 saturated heterocycles. The fraction of sp³-hybridized carbons (Fsp3) is 0.700. The molecule has 7 heteroatoms. The van der Waals surface area contributed by atoms with Crippen molar-refractivity contribution in [2.75, 3.05) is 23.4 Å². The second-order valence-electron chi connectivity index (χ2n) is 3.84. The van der Waals surface area contributed by atoms with Crippen LogP contribution in [0.5, 0.6) is 0 Å².